The van der Waals surface area contributed by atoms with Crippen molar-refractivity contribution in [3.05, 3.63) is 46.7 Å². The number of esters is 1. The predicted octanol–water partition coefficient (Wildman–Crippen LogP) is 2.02. The summed E-state index contributed by atoms with van der Waals surface area (Å²) >= 11 is 0. The summed E-state index contributed by atoms with van der Waals surface area (Å²) in [6.45, 7) is 2.73. The minimum Gasteiger partial charge on any atom is -0.453 e. The maximum atomic E-state index is 12.0. The number of fused-ring (bicyclic) bond motifs is 4. The molecule has 2 atom stereocenters. The highest BCUT2D eigenvalue weighted by molar-refractivity contribution is 6.22. The van der Waals surface area contributed by atoms with E-state index >= 15 is 0 Å². The van der Waals surface area contributed by atoms with E-state index in [1.54, 1.807) is 0 Å². The smallest absolute Gasteiger partial charge is 0.342 e. The molecule has 3 heterocycles. The van der Waals surface area contributed by atoms with Crippen LogP contribution in [0.4, 0.5) is 0 Å². The van der Waals surface area contributed by atoms with Crippen LogP contribution in [0.3, 0.4) is 0 Å². The van der Waals surface area contributed by atoms with Gasteiger partial charge in [-0.05, 0) is 24.5 Å². The molecule has 0 fully saturated rings. The van der Waals surface area contributed by atoms with Gasteiger partial charge in [0.1, 0.15) is 11.7 Å². The lowest BCUT2D eigenvalue weighted by Gasteiger charge is -2.43. The number of hydrogen-bond acceptors (Lipinski definition) is 5. The number of carbonyl (C=O) groups is 1. The summed E-state index contributed by atoms with van der Waals surface area (Å²) < 4.78 is 5.33. The first-order valence-electron chi connectivity index (χ1n) is 7.21. The van der Waals surface area contributed by atoms with Crippen molar-refractivity contribution in [1.82, 2.24) is 4.90 Å². The molecule has 0 bridgehead atoms. The first kappa shape index (κ1) is 12.4. The van der Waals surface area contributed by atoms with Crippen LogP contribution in [0.5, 0.6) is 0 Å². The minimum absolute atomic E-state index is 0.122. The molecule has 5 nitrogen and oxygen atoms in total. The Kier molecular flexibility index (Phi) is 2.58. The maximum absolute atomic E-state index is 12.0. The lowest BCUT2D eigenvalue weighted by atomic mass is 9.84. The van der Waals surface area contributed by atoms with E-state index in [9.17, 15) is 10.0 Å². The number of benzene rings is 1. The van der Waals surface area contributed by atoms with E-state index in [2.05, 4.69) is 22.2 Å². The summed E-state index contributed by atoms with van der Waals surface area (Å²) in [6, 6.07) is 8.47. The molecule has 2 unspecified atom stereocenters. The van der Waals surface area contributed by atoms with Crippen LogP contribution in [0.2, 0.25) is 0 Å². The number of nitrogens with zero attached hydrogens (tertiary/aromatic N) is 2. The standard InChI is InChI=1S/C16H16N2O3/c1-9-15-14(16(19)21-9)12(17-20)8-13-11-5-3-2-4-10(11)6-7-18(13)15/h2-5,9,13,20H,6-8H2,1H3/b17-12+. The molecule has 0 saturated carbocycles. The Hall–Kier alpha value is -2.30. The first-order valence-corrected chi connectivity index (χ1v) is 7.21. The number of rotatable bonds is 0. The Morgan fingerprint density at radius 1 is 1.38 bits per heavy atom. The van der Waals surface area contributed by atoms with Crippen molar-refractivity contribution in [1.29, 1.82) is 0 Å². The molecule has 0 aromatic heterocycles. The van der Waals surface area contributed by atoms with Crippen molar-refractivity contribution >= 4 is 11.7 Å². The van der Waals surface area contributed by atoms with E-state index in [4.69, 9.17) is 4.74 Å². The quantitative estimate of drug-likeness (QED) is 0.450. The minimum atomic E-state index is -0.373. The van der Waals surface area contributed by atoms with Crippen LogP contribution >= 0.6 is 0 Å². The van der Waals surface area contributed by atoms with Crippen molar-refractivity contribution in [2.75, 3.05) is 6.54 Å². The highest BCUT2D eigenvalue weighted by Gasteiger charge is 2.45. The largest absolute Gasteiger partial charge is 0.453 e. The first-order chi connectivity index (χ1) is 10.2. The second-order valence-corrected chi connectivity index (χ2v) is 5.72. The molecular formula is C16H16N2O3. The van der Waals surface area contributed by atoms with Crippen LogP contribution in [0, 0.1) is 0 Å². The summed E-state index contributed by atoms with van der Waals surface area (Å²) in [7, 11) is 0. The third kappa shape index (κ3) is 1.63. The average molecular weight is 284 g/mol. The third-order valence-corrected chi connectivity index (χ3v) is 4.65. The summed E-state index contributed by atoms with van der Waals surface area (Å²) in [5.74, 6) is -0.373. The van der Waals surface area contributed by atoms with Gasteiger partial charge >= 0.3 is 5.97 Å². The highest BCUT2D eigenvalue weighted by Crippen LogP contribution is 2.43. The van der Waals surface area contributed by atoms with E-state index in [1.165, 1.54) is 11.1 Å². The number of hydrogen-bond donors (Lipinski definition) is 1. The summed E-state index contributed by atoms with van der Waals surface area (Å²) in [5, 5.41) is 12.7. The van der Waals surface area contributed by atoms with Crippen LogP contribution in [-0.2, 0) is 16.0 Å². The monoisotopic (exact) mass is 284 g/mol. The number of cyclic esters (lactones) is 1. The van der Waals surface area contributed by atoms with E-state index in [0.29, 0.717) is 17.7 Å². The fourth-order valence-corrected chi connectivity index (χ4v) is 3.76. The fraction of sp³-hybridized carbons (Fsp3) is 0.375. The second-order valence-electron chi connectivity index (χ2n) is 5.72. The van der Waals surface area contributed by atoms with Crippen LogP contribution in [0.25, 0.3) is 0 Å². The molecule has 5 heteroatoms. The average Bonchev–Trinajstić information content (AvgIpc) is 2.81. The Morgan fingerprint density at radius 3 is 3.00 bits per heavy atom. The van der Waals surface area contributed by atoms with Crippen molar-refractivity contribution in [2.45, 2.75) is 31.9 Å². The lowest BCUT2D eigenvalue weighted by molar-refractivity contribution is -0.138. The number of carbonyl (C=O) groups excluding carboxylic acids is 1. The zero-order chi connectivity index (χ0) is 14.6. The molecule has 0 radical (unpaired) electrons. The Balaban J connectivity index is 1.88. The van der Waals surface area contributed by atoms with E-state index in [-0.39, 0.29) is 18.1 Å². The molecule has 0 saturated heterocycles. The molecule has 0 amide bonds. The Labute approximate surface area is 122 Å². The molecule has 108 valence electrons. The fourth-order valence-electron chi connectivity index (χ4n) is 3.76. The van der Waals surface area contributed by atoms with Gasteiger partial charge in [0.05, 0.1) is 17.5 Å². The van der Waals surface area contributed by atoms with Gasteiger partial charge in [-0.3, -0.25) is 0 Å². The molecule has 0 aliphatic carbocycles. The van der Waals surface area contributed by atoms with Gasteiger partial charge in [0.15, 0.2) is 0 Å². The molecule has 4 rings (SSSR count). The van der Waals surface area contributed by atoms with Crippen molar-refractivity contribution in [3.8, 4) is 0 Å². The molecule has 1 aromatic carbocycles. The lowest BCUT2D eigenvalue weighted by Crippen LogP contribution is -2.42. The van der Waals surface area contributed by atoms with Gasteiger partial charge in [-0.1, -0.05) is 29.4 Å². The normalized spacial score (nSPS) is 29.1. The van der Waals surface area contributed by atoms with Gasteiger partial charge in [-0.15, -0.1) is 0 Å². The van der Waals surface area contributed by atoms with Gasteiger partial charge < -0.3 is 14.8 Å². The van der Waals surface area contributed by atoms with Gasteiger partial charge in [-0.2, -0.15) is 0 Å². The summed E-state index contributed by atoms with van der Waals surface area (Å²) in [4.78, 5) is 14.3. The molecular weight excluding hydrogens is 268 g/mol. The number of oxime groups is 1. The molecule has 21 heavy (non-hydrogen) atoms. The van der Waals surface area contributed by atoms with Crippen molar-refractivity contribution in [2.24, 2.45) is 5.16 Å². The molecule has 1 aromatic rings. The van der Waals surface area contributed by atoms with Gasteiger partial charge in [0.2, 0.25) is 0 Å². The summed E-state index contributed by atoms with van der Waals surface area (Å²) in [5.41, 5.74) is 4.36. The maximum Gasteiger partial charge on any atom is 0.342 e. The van der Waals surface area contributed by atoms with E-state index in [0.717, 1.165) is 18.7 Å². The topological polar surface area (TPSA) is 62.1 Å². The van der Waals surface area contributed by atoms with Crippen LogP contribution in [0.1, 0.15) is 30.5 Å². The highest BCUT2D eigenvalue weighted by atomic mass is 16.5. The van der Waals surface area contributed by atoms with Crippen molar-refractivity contribution in [3.63, 3.8) is 0 Å². The molecule has 1 N–H and O–H groups in total. The zero-order valence-electron chi connectivity index (χ0n) is 11.7. The Bertz CT molecular complexity index is 693. The molecule has 3 aliphatic rings. The Morgan fingerprint density at radius 2 is 2.19 bits per heavy atom. The van der Waals surface area contributed by atoms with E-state index in [1.807, 2.05) is 19.1 Å². The van der Waals surface area contributed by atoms with Crippen LogP contribution in [0.15, 0.2) is 40.7 Å². The van der Waals surface area contributed by atoms with Crippen molar-refractivity contribution < 1.29 is 14.7 Å². The third-order valence-electron chi connectivity index (χ3n) is 4.65. The molecule has 0 spiro atoms. The predicted molar refractivity (Wildman–Crippen MR) is 76.0 cm³/mol. The van der Waals surface area contributed by atoms with Gasteiger partial charge in [-0.25, -0.2) is 4.79 Å². The zero-order valence-corrected chi connectivity index (χ0v) is 11.7. The van der Waals surface area contributed by atoms with Gasteiger partial charge in [0.25, 0.3) is 0 Å². The molecule has 3 aliphatic heterocycles. The van der Waals surface area contributed by atoms with Crippen LogP contribution < -0.4 is 0 Å². The van der Waals surface area contributed by atoms with Gasteiger partial charge in [0, 0.05) is 13.0 Å². The summed E-state index contributed by atoms with van der Waals surface area (Å²) in [6.07, 6.45) is 1.21. The number of ether oxygens (including phenoxy) is 1. The van der Waals surface area contributed by atoms with E-state index < -0.39 is 0 Å². The SMILES string of the molecule is CC1OC(=O)C2=C1N1CCc3ccccc3C1C/C2=N\O. The van der Waals surface area contributed by atoms with Crippen LogP contribution in [-0.4, -0.2) is 34.4 Å². The second kappa shape index (κ2) is 4.35.